The van der Waals surface area contributed by atoms with E-state index in [9.17, 15) is 22.8 Å². The van der Waals surface area contributed by atoms with E-state index < -0.39 is 33.8 Å². The van der Waals surface area contributed by atoms with Gasteiger partial charge in [0.1, 0.15) is 0 Å². The molecule has 9 heteroatoms. The summed E-state index contributed by atoms with van der Waals surface area (Å²) in [6.07, 6.45) is 3.69. The summed E-state index contributed by atoms with van der Waals surface area (Å²) in [5, 5.41) is 4.89. The average molecular weight is 410 g/mol. The molecule has 0 aliphatic heterocycles. The Morgan fingerprint density at radius 1 is 1.14 bits per heavy atom. The largest absolute Gasteiger partial charge is 0.449 e. The fraction of sp³-hybridized carbons (Fsp3) is 0.526. The Bertz CT molecular complexity index is 831. The summed E-state index contributed by atoms with van der Waals surface area (Å²) in [5.74, 6) is -1.89. The molecule has 1 aromatic rings. The number of sulfone groups is 1. The van der Waals surface area contributed by atoms with E-state index in [1.807, 2.05) is 0 Å². The van der Waals surface area contributed by atoms with Crippen LogP contribution >= 0.6 is 0 Å². The number of benzene rings is 1. The second-order valence-corrected chi connectivity index (χ2v) is 8.99. The van der Waals surface area contributed by atoms with Crippen LogP contribution in [0.15, 0.2) is 29.2 Å². The lowest BCUT2D eigenvalue weighted by Gasteiger charge is -2.23. The quantitative estimate of drug-likeness (QED) is 0.694. The molecule has 0 unspecified atom stereocenters. The number of carbonyl (C=O) groups is 3. The Balaban J connectivity index is 1.96. The maximum absolute atomic E-state index is 12.4. The molecule has 28 heavy (non-hydrogen) atoms. The van der Waals surface area contributed by atoms with Gasteiger partial charge in [0.2, 0.25) is 0 Å². The van der Waals surface area contributed by atoms with Crippen molar-refractivity contribution in [1.82, 2.24) is 10.6 Å². The van der Waals surface area contributed by atoms with Gasteiger partial charge in [-0.1, -0.05) is 38.3 Å². The molecule has 0 spiro atoms. The number of urea groups is 1. The molecule has 0 radical (unpaired) electrons. The van der Waals surface area contributed by atoms with Crippen LogP contribution in [-0.2, 0) is 19.4 Å². The van der Waals surface area contributed by atoms with Gasteiger partial charge in [-0.2, -0.15) is 0 Å². The molecule has 0 heterocycles. The minimum atomic E-state index is -3.63. The number of hydrogen-bond acceptors (Lipinski definition) is 6. The average Bonchev–Trinajstić information content (AvgIpc) is 2.68. The summed E-state index contributed by atoms with van der Waals surface area (Å²) in [4.78, 5) is 36.3. The number of carbonyl (C=O) groups excluding carboxylic acids is 3. The van der Waals surface area contributed by atoms with Crippen LogP contribution in [0.5, 0.6) is 0 Å². The molecule has 3 amide bonds. The highest BCUT2D eigenvalue weighted by molar-refractivity contribution is 7.91. The fourth-order valence-electron chi connectivity index (χ4n) is 3.02. The van der Waals surface area contributed by atoms with Gasteiger partial charge in [0.05, 0.1) is 16.2 Å². The predicted octanol–water partition coefficient (Wildman–Crippen LogP) is 2.18. The van der Waals surface area contributed by atoms with Crippen molar-refractivity contribution in [3.63, 3.8) is 0 Å². The summed E-state index contributed by atoms with van der Waals surface area (Å²) < 4.78 is 29.4. The standard InChI is InChI=1S/C19H26N2O6S/c1-3-28(25,26)16-12-8-7-11-15(16)18(23)27-13(2)17(22)21-19(24)20-14-9-5-4-6-10-14/h7-8,11-14H,3-6,9-10H2,1-2H3,(H2,20,21,22,24)/t13-/m0/s1. The van der Waals surface area contributed by atoms with E-state index in [1.165, 1.54) is 38.1 Å². The van der Waals surface area contributed by atoms with Crippen LogP contribution in [0, 0.1) is 0 Å². The molecule has 0 bridgehead atoms. The van der Waals surface area contributed by atoms with Crippen LogP contribution in [0.4, 0.5) is 4.79 Å². The van der Waals surface area contributed by atoms with Crippen molar-refractivity contribution in [2.24, 2.45) is 0 Å². The summed E-state index contributed by atoms with van der Waals surface area (Å²) in [7, 11) is -3.63. The minimum absolute atomic E-state index is 0.0329. The molecule has 154 valence electrons. The zero-order valence-corrected chi connectivity index (χ0v) is 16.9. The van der Waals surface area contributed by atoms with Gasteiger partial charge in [-0.3, -0.25) is 10.1 Å². The number of hydrogen-bond donors (Lipinski definition) is 2. The number of imide groups is 1. The molecule has 8 nitrogen and oxygen atoms in total. The number of esters is 1. The highest BCUT2D eigenvalue weighted by Gasteiger charge is 2.26. The SMILES string of the molecule is CCS(=O)(=O)c1ccccc1C(=O)O[C@@H](C)C(=O)NC(=O)NC1CCCCC1. The smallest absolute Gasteiger partial charge is 0.340 e. The Morgan fingerprint density at radius 2 is 1.79 bits per heavy atom. The van der Waals surface area contributed by atoms with Gasteiger partial charge in [0.25, 0.3) is 5.91 Å². The zero-order chi connectivity index (χ0) is 20.7. The van der Waals surface area contributed by atoms with Crippen LogP contribution in [0.2, 0.25) is 0 Å². The first-order valence-electron chi connectivity index (χ1n) is 9.38. The Morgan fingerprint density at radius 3 is 2.43 bits per heavy atom. The summed E-state index contributed by atoms with van der Waals surface area (Å²) in [6, 6.07) is 5.06. The van der Waals surface area contributed by atoms with Crippen LogP contribution in [0.3, 0.4) is 0 Å². The summed E-state index contributed by atoms with van der Waals surface area (Å²) >= 11 is 0. The lowest BCUT2D eigenvalue weighted by Crippen LogP contribution is -2.48. The van der Waals surface area contributed by atoms with Gasteiger partial charge in [-0.15, -0.1) is 0 Å². The van der Waals surface area contributed by atoms with Crippen LogP contribution in [-0.4, -0.2) is 44.2 Å². The van der Waals surface area contributed by atoms with E-state index in [1.54, 1.807) is 0 Å². The van der Waals surface area contributed by atoms with E-state index in [0.717, 1.165) is 32.1 Å². The predicted molar refractivity (Wildman–Crippen MR) is 103 cm³/mol. The third kappa shape index (κ3) is 5.79. The molecule has 0 saturated heterocycles. The van der Waals surface area contributed by atoms with Gasteiger partial charge < -0.3 is 10.1 Å². The van der Waals surface area contributed by atoms with E-state index >= 15 is 0 Å². The second-order valence-electron chi connectivity index (χ2n) is 6.74. The van der Waals surface area contributed by atoms with Crippen molar-refractivity contribution in [2.75, 3.05) is 5.75 Å². The normalized spacial score (nSPS) is 16.1. The van der Waals surface area contributed by atoms with Crippen LogP contribution in [0.25, 0.3) is 0 Å². The molecule has 0 aromatic heterocycles. The molecule has 1 aliphatic rings. The minimum Gasteiger partial charge on any atom is -0.449 e. The molecular formula is C19H26N2O6S. The monoisotopic (exact) mass is 410 g/mol. The fourth-order valence-corrected chi connectivity index (χ4v) is 4.10. The maximum atomic E-state index is 12.4. The highest BCUT2D eigenvalue weighted by Crippen LogP contribution is 2.19. The van der Waals surface area contributed by atoms with Gasteiger partial charge in [0.15, 0.2) is 15.9 Å². The van der Waals surface area contributed by atoms with Crippen molar-refractivity contribution in [2.45, 2.75) is 63.0 Å². The molecule has 2 rings (SSSR count). The number of rotatable bonds is 6. The lowest BCUT2D eigenvalue weighted by molar-refractivity contribution is -0.127. The number of amides is 3. The summed E-state index contributed by atoms with van der Waals surface area (Å²) in [6.45, 7) is 2.79. The zero-order valence-electron chi connectivity index (χ0n) is 16.1. The second kappa shape index (κ2) is 9.68. The summed E-state index contributed by atoms with van der Waals surface area (Å²) in [5.41, 5.74) is -0.143. The maximum Gasteiger partial charge on any atom is 0.340 e. The Kier molecular flexibility index (Phi) is 7.56. The third-order valence-corrected chi connectivity index (χ3v) is 6.44. The number of ether oxygens (including phenoxy) is 1. The molecule has 2 N–H and O–H groups in total. The van der Waals surface area contributed by atoms with Crippen LogP contribution < -0.4 is 10.6 Å². The van der Waals surface area contributed by atoms with E-state index in [2.05, 4.69) is 10.6 Å². The third-order valence-electron chi connectivity index (χ3n) is 4.65. The van der Waals surface area contributed by atoms with Gasteiger partial charge in [-0.25, -0.2) is 18.0 Å². The molecule has 1 aliphatic carbocycles. The van der Waals surface area contributed by atoms with Crippen molar-refractivity contribution < 1.29 is 27.5 Å². The molecular weight excluding hydrogens is 384 g/mol. The highest BCUT2D eigenvalue weighted by atomic mass is 32.2. The molecule has 1 fully saturated rings. The van der Waals surface area contributed by atoms with E-state index in [0.29, 0.717) is 0 Å². The van der Waals surface area contributed by atoms with Crippen molar-refractivity contribution in [3.05, 3.63) is 29.8 Å². The number of nitrogens with one attached hydrogen (secondary N) is 2. The Labute approximate surface area is 164 Å². The first-order chi connectivity index (χ1) is 13.2. The van der Waals surface area contributed by atoms with E-state index in [4.69, 9.17) is 4.74 Å². The van der Waals surface area contributed by atoms with E-state index in [-0.39, 0.29) is 22.3 Å². The molecule has 1 atom stereocenters. The van der Waals surface area contributed by atoms with Gasteiger partial charge in [-0.05, 0) is 31.9 Å². The molecule has 1 aromatic carbocycles. The first kappa shape index (κ1) is 21.9. The van der Waals surface area contributed by atoms with Crippen molar-refractivity contribution in [1.29, 1.82) is 0 Å². The van der Waals surface area contributed by atoms with Gasteiger partial charge >= 0.3 is 12.0 Å². The molecule has 1 saturated carbocycles. The van der Waals surface area contributed by atoms with Gasteiger partial charge in [0, 0.05) is 6.04 Å². The van der Waals surface area contributed by atoms with Crippen LogP contribution in [0.1, 0.15) is 56.3 Å². The topological polar surface area (TPSA) is 119 Å². The Hall–Kier alpha value is -2.42. The van der Waals surface area contributed by atoms with Crippen molar-refractivity contribution in [3.8, 4) is 0 Å². The lowest BCUT2D eigenvalue weighted by atomic mass is 9.96. The first-order valence-corrected chi connectivity index (χ1v) is 11.0. The van der Waals surface area contributed by atoms with Crippen molar-refractivity contribution >= 4 is 27.7 Å².